The third kappa shape index (κ3) is 1.06. The largest absolute Gasteiger partial charge is 0.122 e. The average molecular weight is 242 g/mol. The van der Waals surface area contributed by atoms with Crippen LogP contribution in [0.2, 0.25) is 0 Å². The van der Waals surface area contributed by atoms with E-state index in [1.54, 1.807) is 0 Å². The van der Waals surface area contributed by atoms with Crippen LogP contribution in [0.3, 0.4) is 0 Å². The van der Waals surface area contributed by atoms with E-state index in [-0.39, 0.29) is 21.0 Å². The van der Waals surface area contributed by atoms with Crippen LogP contribution in [0.15, 0.2) is 0 Å². The molecule has 0 aromatic rings. The summed E-state index contributed by atoms with van der Waals surface area (Å²) >= 11 is 18.6. The van der Waals surface area contributed by atoms with E-state index < -0.39 is 0 Å². The molecule has 2 aliphatic carbocycles. The van der Waals surface area contributed by atoms with E-state index >= 15 is 0 Å². The first-order chi connectivity index (χ1) is 5.93. The van der Waals surface area contributed by atoms with Gasteiger partial charge in [0.2, 0.25) is 0 Å². The molecule has 13 heavy (non-hydrogen) atoms. The van der Waals surface area contributed by atoms with Crippen LogP contribution in [0.25, 0.3) is 0 Å². The lowest BCUT2D eigenvalue weighted by molar-refractivity contribution is 0.148. The Bertz CT molecular complexity index is 224. The lowest BCUT2D eigenvalue weighted by Crippen LogP contribution is -2.41. The van der Waals surface area contributed by atoms with Gasteiger partial charge in [-0.15, -0.1) is 34.8 Å². The minimum absolute atomic E-state index is 0.0394. The Morgan fingerprint density at radius 2 is 1.92 bits per heavy atom. The number of alkyl halides is 3. The van der Waals surface area contributed by atoms with Crippen molar-refractivity contribution in [2.75, 3.05) is 0 Å². The van der Waals surface area contributed by atoms with Crippen molar-refractivity contribution < 1.29 is 0 Å². The quantitative estimate of drug-likeness (QED) is 0.603. The van der Waals surface area contributed by atoms with Gasteiger partial charge < -0.3 is 0 Å². The second-order valence-electron chi connectivity index (χ2n) is 5.00. The van der Waals surface area contributed by atoms with E-state index in [4.69, 9.17) is 34.8 Å². The molecule has 76 valence electrons. The lowest BCUT2D eigenvalue weighted by Gasteiger charge is -2.41. The Kier molecular flexibility index (Phi) is 2.34. The maximum Gasteiger partial charge on any atom is 0.115 e. The smallest absolute Gasteiger partial charge is 0.115 e. The SMILES string of the molecule is CC1(C)C2CCC1(C(Cl)Cl)C(Cl)C2. The van der Waals surface area contributed by atoms with Crippen LogP contribution < -0.4 is 0 Å². The maximum absolute atomic E-state index is 6.38. The summed E-state index contributed by atoms with van der Waals surface area (Å²) < 4.78 is 0. The van der Waals surface area contributed by atoms with Crippen molar-refractivity contribution in [1.29, 1.82) is 0 Å². The molecule has 0 aliphatic heterocycles. The molecular formula is C10H15Cl3. The van der Waals surface area contributed by atoms with E-state index in [0.29, 0.717) is 0 Å². The fraction of sp³-hybridized carbons (Fsp3) is 1.00. The van der Waals surface area contributed by atoms with Crippen LogP contribution in [0.1, 0.15) is 33.1 Å². The van der Waals surface area contributed by atoms with Crippen LogP contribution in [0, 0.1) is 16.7 Å². The number of fused-ring (bicyclic) bond motifs is 2. The summed E-state index contributed by atoms with van der Waals surface area (Å²) in [5, 5.41) is 0.168. The summed E-state index contributed by atoms with van der Waals surface area (Å²) in [6.45, 7) is 4.54. The summed E-state index contributed by atoms with van der Waals surface area (Å²) in [5.41, 5.74) is 0.177. The minimum atomic E-state index is -0.322. The molecule has 2 fully saturated rings. The number of hydrogen-bond acceptors (Lipinski definition) is 0. The van der Waals surface area contributed by atoms with Crippen molar-refractivity contribution in [3.63, 3.8) is 0 Å². The molecule has 0 amide bonds. The maximum atomic E-state index is 6.38. The van der Waals surface area contributed by atoms with Crippen molar-refractivity contribution in [3.8, 4) is 0 Å². The molecule has 2 rings (SSSR count). The summed E-state index contributed by atoms with van der Waals surface area (Å²) in [5.74, 6) is 0.718. The summed E-state index contributed by atoms with van der Waals surface area (Å²) in [6.07, 6.45) is 3.42. The molecule has 2 bridgehead atoms. The van der Waals surface area contributed by atoms with Crippen LogP contribution in [0.5, 0.6) is 0 Å². The summed E-state index contributed by atoms with van der Waals surface area (Å²) in [4.78, 5) is -0.322. The van der Waals surface area contributed by atoms with Gasteiger partial charge in [0.1, 0.15) is 4.84 Å². The highest BCUT2D eigenvalue weighted by Gasteiger charge is 2.66. The van der Waals surface area contributed by atoms with Crippen LogP contribution >= 0.6 is 34.8 Å². The third-order valence-corrected chi connectivity index (χ3v) is 5.91. The van der Waals surface area contributed by atoms with Crippen molar-refractivity contribution in [2.24, 2.45) is 16.7 Å². The Morgan fingerprint density at radius 3 is 2.15 bits per heavy atom. The van der Waals surface area contributed by atoms with E-state index in [1.165, 1.54) is 6.42 Å². The van der Waals surface area contributed by atoms with Gasteiger partial charge in [-0.05, 0) is 30.6 Å². The molecule has 0 aromatic heterocycles. The van der Waals surface area contributed by atoms with Gasteiger partial charge >= 0.3 is 0 Å². The highest BCUT2D eigenvalue weighted by atomic mass is 35.5. The number of rotatable bonds is 1. The highest BCUT2D eigenvalue weighted by molar-refractivity contribution is 6.45. The topological polar surface area (TPSA) is 0 Å². The number of halogens is 3. The second-order valence-corrected chi connectivity index (χ2v) is 6.62. The Labute approximate surface area is 94.9 Å². The van der Waals surface area contributed by atoms with Crippen molar-refractivity contribution in [1.82, 2.24) is 0 Å². The minimum Gasteiger partial charge on any atom is -0.122 e. The molecule has 0 aromatic carbocycles. The van der Waals surface area contributed by atoms with Gasteiger partial charge in [0, 0.05) is 10.8 Å². The van der Waals surface area contributed by atoms with Crippen LogP contribution in [-0.4, -0.2) is 10.2 Å². The normalized spacial score (nSPS) is 47.5. The van der Waals surface area contributed by atoms with Gasteiger partial charge in [-0.25, -0.2) is 0 Å². The van der Waals surface area contributed by atoms with Crippen molar-refractivity contribution in [2.45, 2.75) is 43.3 Å². The van der Waals surface area contributed by atoms with Gasteiger partial charge in [-0.1, -0.05) is 13.8 Å². The molecule has 0 N–H and O–H groups in total. The van der Waals surface area contributed by atoms with E-state index in [1.807, 2.05) is 0 Å². The van der Waals surface area contributed by atoms with Gasteiger partial charge in [0.15, 0.2) is 0 Å². The average Bonchev–Trinajstić information content (AvgIpc) is 2.35. The Balaban J connectivity index is 2.43. The molecule has 0 heterocycles. The molecule has 2 aliphatic rings. The standard InChI is InChI=1S/C10H15Cl3/c1-9(2)6-3-4-10(9,8(12)13)7(11)5-6/h6-8H,3-5H2,1-2H3. The predicted molar refractivity (Wildman–Crippen MR) is 58.7 cm³/mol. The molecule has 0 saturated heterocycles. The molecule has 3 atom stereocenters. The van der Waals surface area contributed by atoms with E-state index in [9.17, 15) is 0 Å². The monoisotopic (exact) mass is 240 g/mol. The lowest BCUT2D eigenvalue weighted by atomic mass is 9.70. The zero-order chi connectivity index (χ0) is 9.85. The molecule has 0 radical (unpaired) electrons. The molecular weight excluding hydrogens is 226 g/mol. The molecule has 3 heteroatoms. The summed E-state index contributed by atoms with van der Waals surface area (Å²) in [7, 11) is 0. The highest BCUT2D eigenvalue weighted by Crippen LogP contribution is 2.70. The van der Waals surface area contributed by atoms with Crippen molar-refractivity contribution in [3.05, 3.63) is 0 Å². The molecule has 2 saturated carbocycles. The molecule has 0 nitrogen and oxygen atoms in total. The molecule has 0 spiro atoms. The van der Waals surface area contributed by atoms with Gasteiger partial charge in [0.05, 0.1) is 0 Å². The number of hydrogen-bond donors (Lipinski definition) is 0. The first kappa shape index (κ1) is 10.4. The zero-order valence-corrected chi connectivity index (χ0v) is 10.3. The Morgan fingerprint density at radius 1 is 1.31 bits per heavy atom. The third-order valence-electron chi connectivity index (χ3n) is 4.57. The first-order valence-corrected chi connectivity index (χ1v) is 6.16. The van der Waals surface area contributed by atoms with Gasteiger partial charge in [-0.3, -0.25) is 0 Å². The van der Waals surface area contributed by atoms with E-state index in [0.717, 1.165) is 18.8 Å². The predicted octanol–water partition coefficient (Wildman–Crippen LogP) is 4.22. The second kappa shape index (κ2) is 2.93. The fourth-order valence-corrected chi connectivity index (χ4v) is 5.38. The van der Waals surface area contributed by atoms with Crippen LogP contribution in [-0.2, 0) is 0 Å². The van der Waals surface area contributed by atoms with Crippen molar-refractivity contribution >= 4 is 34.8 Å². The summed E-state index contributed by atoms with van der Waals surface area (Å²) in [6, 6.07) is 0. The Hall–Kier alpha value is 0.870. The van der Waals surface area contributed by atoms with Crippen LogP contribution in [0.4, 0.5) is 0 Å². The molecule has 3 unspecified atom stereocenters. The van der Waals surface area contributed by atoms with Gasteiger partial charge in [0.25, 0.3) is 0 Å². The first-order valence-electron chi connectivity index (χ1n) is 4.85. The fourth-order valence-electron chi connectivity index (χ4n) is 3.44. The van der Waals surface area contributed by atoms with Gasteiger partial charge in [-0.2, -0.15) is 0 Å². The van der Waals surface area contributed by atoms with E-state index in [2.05, 4.69) is 13.8 Å². The zero-order valence-electron chi connectivity index (χ0n) is 7.99.